The van der Waals surface area contributed by atoms with Crippen LogP contribution in [0.3, 0.4) is 0 Å². The van der Waals surface area contributed by atoms with Gasteiger partial charge in [0.05, 0.1) is 11.4 Å². The molecule has 0 saturated carbocycles. The van der Waals surface area contributed by atoms with Crippen molar-refractivity contribution in [3.05, 3.63) is 41.3 Å². The second-order valence-electron chi connectivity index (χ2n) is 5.22. The predicted octanol–water partition coefficient (Wildman–Crippen LogP) is 2.41. The van der Waals surface area contributed by atoms with Crippen LogP contribution < -0.4 is 0 Å². The van der Waals surface area contributed by atoms with Crippen molar-refractivity contribution in [3.63, 3.8) is 0 Å². The Morgan fingerprint density at radius 1 is 1.38 bits per heavy atom. The molecule has 1 saturated heterocycles. The molecule has 1 aliphatic heterocycles. The first kappa shape index (κ1) is 14.6. The fraction of sp³-hybridized carbons (Fsp3) is 0.429. The van der Waals surface area contributed by atoms with Gasteiger partial charge in [0.15, 0.2) is 0 Å². The lowest BCUT2D eigenvalue weighted by molar-refractivity contribution is 0.312. The Labute approximate surface area is 128 Å². The van der Waals surface area contributed by atoms with Crippen LogP contribution in [0.15, 0.2) is 34.1 Å². The molecule has 5 nitrogen and oxygen atoms in total. The Bertz CT molecular complexity index is 714. The van der Waals surface area contributed by atoms with Crippen LogP contribution in [0.1, 0.15) is 30.1 Å². The summed E-state index contributed by atoms with van der Waals surface area (Å²) >= 11 is 1.27. The van der Waals surface area contributed by atoms with E-state index in [1.807, 2.05) is 6.92 Å². The van der Waals surface area contributed by atoms with Gasteiger partial charge in [-0.3, -0.25) is 9.97 Å². The first-order valence-electron chi connectivity index (χ1n) is 6.89. The van der Waals surface area contributed by atoms with Gasteiger partial charge in [-0.25, -0.2) is 8.42 Å². The van der Waals surface area contributed by atoms with Gasteiger partial charge in [0.2, 0.25) is 0 Å². The highest BCUT2D eigenvalue weighted by molar-refractivity contribution is 7.91. The lowest BCUT2D eigenvalue weighted by Crippen LogP contribution is -2.39. The molecular formula is C14H17N3O2S2. The summed E-state index contributed by atoms with van der Waals surface area (Å²) in [7, 11) is -3.37. The Balaban J connectivity index is 1.83. The van der Waals surface area contributed by atoms with E-state index in [-0.39, 0.29) is 5.92 Å². The lowest BCUT2D eigenvalue weighted by atomic mass is 9.96. The number of nitrogens with zero attached hydrogens (tertiary/aromatic N) is 3. The normalized spacial score (nSPS) is 20.5. The van der Waals surface area contributed by atoms with Gasteiger partial charge in [-0.1, -0.05) is 6.07 Å². The van der Waals surface area contributed by atoms with Gasteiger partial charge in [0.1, 0.15) is 4.21 Å². The molecule has 1 aliphatic rings. The third-order valence-electron chi connectivity index (χ3n) is 3.67. The van der Waals surface area contributed by atoms with Crippen LogP contribution in [-0.4, -0.2) is 35.8 Å². The number of sulfonamides is 1. The van der Waals surface area contributed by atoms with Gasteiger partial charge >= 0.3 is 0 Å². The smallest absolute Gasteiger partial charge is 0.252 e. The first-order chi connectivity index (χ1) is 10.1. The molecule has 0 N–H and O–H groups in total. The molecule has 2 aromatic heterocycles. The molecule has 3 heterocycles. The summed E-state index contributed by atoms with van der Waals surface area (Å²) in [5, 5.41) is 1.79. The van der Waals surface area contributed by atoms with Crippen molar-refractivity contribution in [1.82, 2.24) is 14.3 Å². The van der Waals surface area contributed by atoms with E-state index in [1.54, 1.807) is 34.2 Å². The average molecular weight is 323 g/mol. The van der Waals surface area contributed by atoms with Crippen molar-refractivity contribution in [3.8, 4) is 0 Å². The van der Waals surface area contributed by atoms with Crippen molar-refractivity contribution in [2.75, 3.05) is 13.1 Å². The molecule has 7 heteroatoms. The number of thiophene rings is 1. The molecule has 0 unspecified atom stereocenters. The number of hydrogen-bond donors (Lipinski definition) is 0. The summed E-state index contributed by atoms with van der Waals surface area (Å²) in [6.07, 6.45) is 5.27. The lowest BCUT2D eigenvalue weighted by Gasteiger charge is -2.31. The van der Waals surface area contributed by atoms with Crippen molar-refractivity contribution in [2.24, 2.45) is 0 Å². The summed E-state index contributed by atoms with van der Waals surface area (Å²) < 4.78 is 27.2. The number of rotatable bonds is 3. The molecule has 0 amide bonds. The van der Waals surface area contributed by atoms with Crippen LogP contribution in [0, 0.1) is 6.92 Å². The van der Waals surface area contributed by atoms with Gasteiger partial charge in [-0.05, 0) is 31.2 Å². The van der Waals surface area contributed by atoms with E-state index in [4.69, 9.17) is 0 Å². The Hall–Kier alpha value is -1.31. The zero-order valence-corrected chi connectivity index (χ0v) is 13.4. The monoisotopic (exact) mass is 323 g/mol. The predicted molar refractivity (Wildman–Crippen MR) is 81.8 cm³/mol. The molecule has 0 aromatic carbocycles. The highest BCUT2D eigenvalue weighted by atomic mass is 32.2. The van der Waals surface area contributed by atoms with Gasteiger partial charge in [-0.15, -0.1) is 11.3 Å². The van der Waals surface area contributed by atoms with Gasteiger partial charge < -0.3 is 0 Å². The van der Waals surface area contributed by atoms with E-state index < -0.39 is 10.0 Å². The molecule has 112 valence electrons. The number of aromatic nitrogens is 2. The summed E-state index contributed by atoms with van der Waals surface area (Å²) in [5.41, 5.74) is 1.76. The Kier molecular flexibility index (Phi) is 4.05. The van der Waals surface area contributed by atoms with Crippen molar-refractivity contribution >= 4 is 21.4 Å². The first-order valence-corrected chi connectivity index (χ1v) is 9.21. The average Bonchev–Trinajstić information content (AvgIpc) is 3.02. The maximum Gasteiger partial charge on any atom is 0.252 e. The molecule has 0 radical (unpaired) electrons. The minimum atomic E-state index is -3.37. The van der Waals surface area contributed by atoms with Crippen molar-refractivity contribution in [2.45, 2.75) is 29.9 Å². The van der Waals surface area contributed by atoms with Gasteiger partial charge in [0.25, 0.3) is 10.0 Å². The van der Waals surface area contributed by atoms with Crippen LogP contribution in [0.2, 0.25) is 0 Å². The Morgan fingerprint density at radius 3 is 2.95 bits per heavy atom. The standard InChI is InChI=1S/C14H17N3O2S2/c1-11-8-15-9-13(16-11)12-4-2-6-17(10-12)21(18,19)14-5-3-7-20-14/h3,5,7-9,12H,2,4,6,10H2,1H3/t12-/m1/s1. The van der Waals surface area contributed by atoms with E-state index in [0.717, 1.165) is 24.2 Å². The van der Waals surface area contributed by atoms with Crippen LogP contribution in [0.25, 0.3) is 0 Å². The topological polar surface area (TPSA) is 63.2 Å². The minimum absolute atomic E-state index is 0.126. The van der Waals surface area contributed by atoms with E-state index in [0.29, 0.717) is 17.3 Å². The number of hydrogen-bond acceptors (Lipinski definition) is 5. The van der Waals surface area contributed by atoms with E-state index >= 15 is 0 Å². The minimum Gasteiger partial charge on any atom is -0.261 e. The molecule has 0 spiro atoms. The van der Waals surface area contributed by atoms with Crippen LogP contribution in [-0.2, 0) is 10.0 Å². The molecule has 3 rings (SSSR count). The third kappa shape index (κ3) is 3.00. The molecule has 21 heavy (non-hydrogen) atoms. The summed E-state index contributed by atoms with van der Waals surface area (Å²) in [6.45, 7) is 2.97. The summed E-state index contributed by atoms with van der Waals surface area (Å²) in [5.74, 6) is 0.126. The van der Waals surface area contributed by atoms with Gasteiger partial charge in [-0.2, -0.15) is 4.31 Å². The van der Waals surface area contributed by atoms with E-state index in [9.17, 15) is 8.42 Å². The summed E-state index contributed by atoms with van der Waals surface area (Å²) in [4.78, 5) is 8.66. The number of piperidine rings is 1. The van der Waals surface area contributed by atoms with Crippen LogP contribution in [0.5, 0.6) is 0 Å². The maximum absolute atomic E-state index is 12.6. The molecule has 1 fully saturated rings. The Morgan fingerprint density at radius 2 is 2.24 bits per heavy atom. The largest absolute Gasteiger partial charge is 0.261 e. The zero-order valence-electron chi connectivity index (χ0n) is 11.8. The van der Waals surface area contributed by atoms with Crippen molar-refractivity contribution < 1.29 is 8.42 Å². The van der Waals surface area contributed by atoms with Crippen molar-refractivity contribution in [1.29, 1.82) is 0 Å². The molecule has 0 aliphatic carbocycles. The van der Waals surface area contributed by atoms with Crippen LogP contribution >= 0.6 is 11.3 Å². The maximum atomic E-state index is 12.6. The molecule has 2 aromatic rings. The fourth-order valence-electron chi connectivity index (χ4n) is 2.62. The SMILES string of the molecule is Cc1cncc([C@@H]2CCCN(S(=O)(=O)c3cccs3)C2)n1. The second kappa shape index (κ2) is 5.82. The van der Waals surface area contributed by atoms with E-state index in [1.165, 1.54) is 11.3 Å². The zero-order chi connectivity index (χ0) is 14.9. The fourth-order valence-corrected chi connectivity index (χ4v) is 5.29. The van der Waals surface area contributed by atoms with Crippen LogP contribution in [0.4, 0.5) is 0 Å². The molecule has 1 atom stereocenters. The summed E-state index contributed by atoms with van der Waals surface area (Å²) in [6, 6.07) is 3.43. The third-order valence-corrected chi connectivity index (χ3v) is 6.90. The number of aryl methyl sites for hydroxylation is 1. The highest BCUT2D eigenvalue weighted by Gasteiger charge is 2.32. The highest BCUT2D eigenvalue weighted by Crippen LogP contribution is 2.30. The van der Waals surface area contributed by atoms with E-state index in [2.05, 4.69) is 9.97 Å². The molecule has 0 bridgehead atoms. The quantitative estimate of drug-likeness (QED) is 0.870. The molecular weight excluding hydrogens is 306 g/mol. The second-order valence-corrected chi connectivity index (χ2v) is 8.33. The van der Waals surface area contributed by atoms with Gasteiger partial charge in [0, 0.05) is 31.4 Å².